The van der Waals surface area contributed by atoms with E-state index in [1.54, 1.807) is 0 Å². The number of hydrogen-bond acceptors (Lipinski definition) is 2. The molecule has 2 aromatic rings. The molecule has 0 spiro atoms. The van der Waals surface area contributed by atoms with Crippen LogP contribution >= 0.6 is 0 Å². The van der Waals surface area contributed by atoms with Crippen LogP contribution < -0.4 is 5.32 Å². The van der Waals surface area contributed by atoms with E-state index in [-0.39, 0.29) is 5.91 Å². The number of carbonyl (C=O) groups excluding carboxylic acids is 1. The molecule has 1 N–H and O–H groups in total. The van der Waals surface area contributed by atoms with E-state index in [0.29, 0.717) is 6.54 Å². The third-order valence-electron chi connectivity index (χ3n) is 3.33. The first-order chi connectivity index (χ1) is 9.58. The second-order valence-electron chi connectivity index (χ2n) is 5.07. The van der Waals surface area contributed by atoms with Crippen molar-refractivity contribution in [1.29, 1.82) is 0 Å². The third-order valence-corrected chi connectivity index (χ3v) is 3.33. The van der Waals surface area contributed by atoms with Gasteiger partial charge in [-0.25, -0.2) is 0 Å². The third kappa shape index (κ3) is 3.47. The maximum Gasteiger partial charge on any atom is 0.251 e. The van der Waals surface area contributed by atoms with Gasteiger partial charge in [-0.15, -0.1) is 0 Å². The molecule has 0 aliphatic rings. The summed E-state index contributed by atoms with van der Waals surface area (Å²) in [6, 6.07) is 9.69. The molecule has 1 aromatic heterocycles. The Kier molecular flexibility index (Phi) is 4.56. The molecule has 20 heavy (non-hydrogen) atoms. The molecule has 0 saturated carbocycles. The van der Waals surface area contributed by atoms with Crippen LogP contribution in [0.1, 0.15) is 33.7 Å². The number of rotatable bonds is 5. The van der Waals surface area contributed by atoms with E-state index in [1.165, 1.54) is 0 Å². The zero-order valence-electron chi connectivity index (χ0n) is 12.3. The largest absolute Gasteiger partial charge is 0.352 e. The van der Waals surface area contributed by atoms with Gasteiger partial charge >= 0.3 is 0 Å². The van der Waals surface area contributed by atoms with Gasteiger partial charge in [-0.1, -0.05) is 18.2 Å². The van der Waals surface area contributed by atoms with Crippen molar-refractivity contribution >= 4 is 5.91 Å². The lowest BCUT2D eigenvalue weighted by Crippen LogP contribution is -2.26. The maximum atomic E-state index is 12.0. The number of aryl methyl sites for hydroxylation is 4. The summed E-state index contributed by atoms with van der Waals surface area (Å²) in [5.74, 6) is -0.00327. The first-order valence-electron chi connectivity index (χ1n) is 6.93. The Labute approximate surface area is 119 Å². The predicted molar refractivity (Wildman–Crippen MR) is 79.8 cm³/mol. The number of nitrogens with one attached hydrogen (secondary N) is 1. The van der Waals surface area contributed by atoms with Crippen LogP contribution in [-0.2, 0) is 6.54 Å². The van der Waals surface area contributed by atoms with Crippen LogP contribution in [0, 0.1) is 20.8 Å². The van der Waals surface area contributed by atoms with Gasteiger partial charge < -0.3 is 5.32 Å². The Morgan fingerprint density at radius 3 is 2.65 bits per heavy atom. The minimum absolute atomic E-state index is 0.00327. The summed E-state index contributed by atoms with van der Waals surface area (Å²) < 4.78 is 1.98. The highest BCUT2D eigenvalue weighted by Gasteiger charge is 2.07. The van der Waals surface area contributed by atoms with Crippen LogP contribution in [0.5, 0.6) is 0 Å². The second kappa shape index (κ2) is 6.37. The molecule has 4 heteroatoms. The highest BCUT2D eigenvalue weighted by Crippen LogP contribution is 2.06. The van der Waals surface area contributed by atoms with Gasteiger partial charge in [0.05, 0.1) is 5.69 Å². The highest BCUT2D eigenvalue weighted by atomic mass is 16.1. The summed E-state index contributed by atoms with van der Waals surface area (Å²) >= 11 is 0. The molecule has 1 amide bonds. The van der Waals surface area contributed by atoms with Gasteiger partial charge in [-0.05, 0) is 44.9 Å². The summed E-state index contributed by atoms with van der Waals surface area (Å²) in [5.41, 5.74) is 3.95. The molecular formula is C16H21N3O. The SMILES string of the molecule is Cc1cc(C)n(CCCNC(=O)c2ccccc2C)n1. The van der Waals surface area contributed by atoms with E-state index < -0.39 is 0 Å². The van der Waals surface area contributed by atoms with Crippen LogP contribution in [0.3, 0.4) is 0 Å². The van der Waals surface area contributed by atoms with Gasteiger partial charge in [-0.3, -0.25) is 9.48 Å². The average molecular weight is 271 g/mol. The van der Waals surface area contributed by atoms with E-state index in [0.717, 1.165) is 35.5 Å². The minimum atomic E-state index is -0.00327. The normalized spacial score (nSPS) is 10.6. The summed E-state index contributed by atoms with van der Waals surface area (Å²) in [6.07, 6.45) is 0.875. The van der Waals surface area contributed by atoms with E-state index in [4.69, 9.17) is 0 Å². The number of carbonyl (C=O) groups is 1. The monoisotopic (exact) mass is 271 g/mol. The summed E-state index contributed by atoms with van der Waals surface area (Å²) in [5, 5.41) is 7.36. The number of nitrogens with zero attached hydrogens (tertiary/aromatic N) is 2. The van der Waals surface area contributed by atoms with Crippen LogP contribution in [-0.4, -0.2) is 22.2 Å². The summed E-state index contributed by atoms with van der Waals surface area (Å²) in [7, 11) is 0. The lowest BCUT2D eigenvalue weighted by molar-refractivity contribution is 0.0952. The van der Waals surface area contributed by atoms with Crippen LogP contribution in [0.2, 0.25) is 0 Å². The Bertz CT molecular complexity index is 602. The van der Waals surface area contributed by atoms with E-state index in [1.807, 2.05) is 49.7 Å². The fourth-order valence-corrected chi connectivity index (χ4v) is 2.25. The van der Waals surface area contributed by atoms with Crippen LogP contribution in [0.15, 0.2) is 30.3 Å². The number of benzene rings is 1. The van der Waals surface area contributed by atoms with Crippen LogP contribution in [0.25, 0.3) is 0 Å². The van der Waals surface area contributed by atoms with Crippen molar-refractivity contribution in [1.82, 2.24) is 15.1 Å². The fraction of sp³-hybridized carbons (Fsp3) is 0.375. The van der Waals surface area contributed by atoms with Crippen molar-refractivity contribution in [2.24, 2.45) is 0 Å². The molecule has 4 nitrogen and oxygen atoms in total. The molecule has 1 heterocycles. The molecule has 0 aliphatic carbocycles. The summed E-state index contributed by atoms with van der Waals surface area (Å²) in [6.45, 7) is 7.47. The maximum absolute atomic E-state index is 12.0. The smallest absolute Gasteiger partial charge is 0.251 e. The molecule has 2 rings (SSSR count). The first kappa shape index (κ1) is 14.3. The fourth-order valence-electron chi connectivity index (χ4n) is 2.25. The van der Waals surface area contributed by atoms with Crippen molar-refractivity contribution in [2.45, 2.75) is 33.7 Å². The van der Waals surface area contributed by atoms with Gasteiger partial charge in [-0.2, -0.15) is 5.10 Å². The molecule has 0 fully saturated rings. The van der Waals surface area contributed by atoms with E-state index >= 15 is 0 Å². The molecule has 0 aliphatic heterocycles. The first-order valence-corrected chi connectivity index (χ1v) is 6.93. The molecular weight excluding hydrogens is 250 g/mol. The van der Waals surface area contributed by atoms with Gasteiger partial charge in [0.2, 0.25) is 0 Å². The van der Waals surface area contributed by atoms with E-state index in [2.05, 4.69) is 16.5 Å². The van der Waals surface area contributed by atoms with Crippen molar-refractivity contribution < 1.29 is 4.79 Å². The van der Waals surface area contributed by atoms with Gasteiger partial charge in [0.15, 0.2) is 0 Å². The van der Waals surface area contributed by atoms with Crippen molar-refractivity contribution in [3.05, 3.63) is 52.8 Å². The number of hydrogen-bond donors (Lipinski definition) is 1. The van der Waals surface area contributed by atoms with Crippen molar-refractivity contribution in [2.75, 3.05) is 6.54 Å². The molecule has 106 valence electrons. The molecule has 0 saturated heterocycles. The summed E-state index contributed by atoms with van der Waals surface area (Å²) in [4.78, 5) is 12.0. The zero-order valence-corrected chi connectivity index (χ0v) is 12.3. The number of aromatic nitrogens is 2. The van der Waals surface area contributed by atoms with E-state index in [9.17, 15) is 4.79 Å². The van der Waals surface area contributed by atoms with Crippen molar-refractivity contribution in [3.8, 4) is 0 Å². The van der Waals surface area contributed by atoms with Crippen molar-refractivity contribution in [3.63, 3.8) is 0 Å². The molecule has 1 aromatic carbocycles. The Balaban J connectivity index is 1.80. The minimum Gasteiger partial charge on any atom is -0.352 e. The highest BCUT2D eigenvalue weighted by molar-refractivity contribution is 5.95. The molecule has 0 unspecified atom stereocenters. The van der Waals surface area contributed by atoms with Gasteiger partial charge in [0.25, 0.3) is 5.91 Å². The van der Waals surface area contributed by atoms with Gasteiger partial charge in [0, 0.05) is 24.3 Å². The Morgan fingerprint density at radius 1 is 1.25 bits per heavy atom. The number of amides is 1. The Hall–Kier alpha value is -2.10. The Morgan fingerprint density at radius 2 is 2.00 bits per heavy atom. The lowest BCUT2D eigenvalue weighted by atomic mass is 10.1. The molecule has 0 radical (unpaired) electrons. The quantitative estimate of drug-likeness (QED) is 0.850. The van der Waals surface area contributed by atoms with Crippen LogP contribution in [0.4, 0.5) is 0 Å². The topological polar surface area (TPSA) is 46.9 Å². The molecule has 0 bridgehead atoms. The van der Waals surface area contributed by atoms with Gasteiger partial charge in [0.1, 0.15) is 0 Å². The second-order valence-corrected chi connectivity index (χ2v) is 5.07. The molecule has 0 atom stereocenters. The lowest BCUT2D eigenvalue weighted by Gasteiger charge is -2.08. The predicted octanol–water partition coefficient (Wildman–Crippen LogP) is 2.63. The zero-order chi connectivity index (χ0) is 14.5. The average Bonchev–Trinajstić information content (AvgIpc) is 2.73. The standard InChI is InChI=1S/C16H21N3O/c1-12-7-4-5-8-15(12)16(20)17-9-6-10-19-14(3)11-13(2)18-19/h4-5,7-8,11H,6,9-10H2,1-3H3,(H,17,20).